The first-order chi connectivity index (χ1) is 14.4. The molecule has 0 aliphatic heterocycles. The van der Waals surface area contributed by atoms with E-state index < -0.39 is 5.41 Å². The third-order valence-electron chi connectivity index (χ3n) is 5.66. The van der Waals surface area contributed by atoms with Gasteiger partial charge in [-0.25, -0.2) is 0 Å². The summed E-state index contributed by atoms with van der Waals surface area (Å²) < 4.78 is 0. The average molecular weight is 371 g/mol. The van der Waals surface area contributed by atoms with Crippen LogP contribution < -0.4 is 0 Å². The van der Waals surface area contributed by atoms with Crippen LogP contribution >= 0.6 is 0 Å². The molecular formula is C28H21N. The number of benzene rings is 4. The van der Waals surface area contributed by atoms with Crippen LogP contribution in [0.15, 0.2) is 128 Å². The van der Waals surface area contributed by atoms with Gasteiger partial charge in [-0.2, -0.15) is 0 Å². The van der Waals surface area contributed by atoms with Gasteiger partial charge in [-0.3, -0.25) is 4.98 Å². The van der Waals surface area contributed by atoms with Crippen molar-refractivity contribution in [2.45, 2.75) is 5.41 Å². The fraction of sp³-hybridized carbons (Fsp3) is 0.0357. The summed E-state index contributed by atoms with van der Waals surface area (Å²) in [4.78, 5) is 4.82. The second kappa shape index (κ2) is 7.37. The number of nitrogens with zero attached hydrogens (tertiary/aromatic N) is 1. The highest BCUT2D eigenvalue weighted by Crippen LogP contribution is 2.46. The number of pyridine rings is 1. The van der Waals surface area contributed by atoms with Crippen LogP contribution in [0, 0.1) is 0 Å². The maximum absolute atomic E-state index is 4.82. The smallest absolute Gasteiger partial charge is 0.0749 e. The van der Waals surface area contributed by atoms with E-state index in [1.807, 2.05) is 12.3 Å². The summed E-state index contributed by atoms with van der Waals surface area (Å²) in [6.45, 7) is 0. The lowest BCUT2D eigenvalue weighted by molar-refractivity contribution is 0.750. The van der Waals surface area contributed by atoms with Crippen LogP contribution in [0.4, 0.5) is 0 Å². The molecule has 0 radical (unpaired) electrons. The standard InChI is InChI=1S/C28H21N/c1-4-14-23(15-5-1)28(24-16-6-2-7-17-24,25-18-8-3-9-19-25)26-20-10-12-22-13-11-21-29-27(22)26/h1-21H. The Morgan fingerprint density at radius 3 is 1.45 bits per heavy atom. The highest BCUT2D eigenvalue weighted by molar-refractivity contribution is 5.85. The molecule has 0 fully saturated rings. The Morgan fingerprint density at radius 2 is 0.931 bits per heavy atom. The minimum atomic E-state index is -0.461. The molecule has 0 N–H and O–H groups in total. The first-order valence-electron chi connectivity index (χ1n) is 9.91. The number of rotatable bonds is 4. The molecule has 1 aromatic heterocycles. The van der Waals surface area contributed by atoms with Crippen molar-refractivity contribution in [1.82, 2.24) is 4.98 Å². The van der Waals surface area contributed by atoms with Gasteiger partial charge in [-0.1, -0.05) is 115 Å². The molecule has 0 bridgehead atoms. The van der Waals surface area contributed by atoms with Gasteiger partial charge in [0.1, 0.15) is 0 Å². The highest BCUT2D eigenvalue weighted by Gasteiger charge is 2.39. The van der Waals surface area contributed by atoms with E-state index in [2.05, 4.69) is 115 Å². The zero-order valence-corrected chi connectivity index (χ0v) is 16.1. The number of aromatic nitrogens is 1. The second-order valence-electron chi connectivity index (χ2n) is 7.23. The van der Waals surface area contributed by atoms with Crippen LogP contribution in [-0.2, 0) is 5.41 Å². The van der Waals surface area contributed by atoms with Gasteiger partial charge in [0, 0.05) is 11.6 Å². The molecule has 29 heavy (non-hydrogen) atoms. The first kappa shape index (κ1) is 17.4. The van der Waals surface area contributed by atoms with Crippen molar-refractivity contribution in [3.05, 3.63) is 150 Å². The van der Waals surface area contributed by atoms with Crippen LogP contribution in [0.25, 0.3) is 10.9 Å². The molecule has 138 valence electrons. The Balaban J connectivity index is 1.99. The summed E-state index contributed by atoms with van der Waals surface area (Å²) in [5.41, 5.74) is 5.46. The van der Waals surface area contributed by atoms with Gasteiger partial charge in [0.25, 0.3) is 0 Å². The zero-order valence-electron chi connectivity index (χ0n) is 16.1. The van der Waals surface area contributed by atoms with Crippen molar-refractivity contribution in [1.29, 1.82) is 0 Å². The third kappa shape index (κ3) is 2.83. The molecule has 0 saturated heterocycles. The predicted octanol–water partition coefficient (Wildman–Crippen LogP) is 6.62. The average Bonchev–Trinajstić information content (AvgIpc) is 2.82. The fourth-order valence-corrected chi connectivity index (χ4v) is 4.44. The summed E-state index contributed by atoms with van der Waals surface area (Å²) in [7, 11) is 0. The van der Waals surface area contributed by atoms with Crippen molar-refractivity contribution >= 4 is 10.9 Å². The lowest BCUT2D eigenvalue weighted by Crippen LogP contribution is -2.31. The molecule has 0 spiro atoms. The molecule has 0 aliphatic carbocycles. The molecule has 1 heteroatoms. The maximum atomic E-state index is 4.82. The molecule has 1 heterocycles. The lowest BCUT2D eigenvalue weighted by atomic mass is 9.64. The van der Waals surface area contributed by atoms with E-state index in [0.717, 1.165) is 10.9 Å². The summed E-state index contributed by atoms with van der Waals surface area (Å²) >= 11 is 0. The van der Waals surface area contributed by atoms with Crippen molar-refractivity contribution < 1.29 is 0 Å². The second-order valence-corrected chi connectivity index (χ2v) is 7.23. The summed E-state index contributed by atoms with van der Waals surface area (Å²) in [5, 5.41) is 1.15. The molecule has 4 aromatic carbocycles. The van der Waals surface area contributed by atoms with Crippen LogP contribution in [0.5, 0.6) is 0 Å². The maximum Gasteiger partial charge on any atom is 0.0749 e. The SMILES string of the molecule is c1ccc(C(c2ccccc2)(c2ccccc2)c2cccc3cccnc23)cc1. The Hall–Kier alpha value is -3.71. The first-order valence-corrected chi connectivity index (χ1v) is 9.91. The van der Waals surface area contributed by atoms with Crippen LogP contribution in [0.3, 0.4) is 0 Å². The van der Waals surface area contributed by atoms with E-state index >= 15 is 0 Å². The van der Waals surface area contributed by atoms with Gasteiger partial charge in [0.2, 0.25) is 0 Å². The van der Waals surface area contributed by atoms with E-state index in [-0.39, 0.29) is 0 Å². The molecule has 0 atom stereocenters. The quantitative estimate of drug-likeness (QED) is 0.324. The number of fused-ring (bicyclic) bond motifs is 1. The number of hydrogen-bond acceptors (Lipinski definition) is 1. The van der Waals surface area contributed by atoms with Gasteiger partial charge in [-0.15, -0.1) is 0 Å². The summed E-state index contributed by atoms with van der Waals surface area (Å²) in [6.07, 6.45) is 1.89. The zero-order chi connectivity index (χ0) is 19.5. The largest absolute Gasteiger partial charge is 0.256 e. The molecule has 1 nitrogen and oxygen atoms in total. The van der Waals surface area contributed by atoms with Crippen molar-refractivity contribution in [2.75, 3.05) is 0 Å². The van der Waals surface area contributed by atoms with Gasteiger partial charge in [-0.05, 0) is 28.3 Å². The van der Waals surface area contributed by atoms with Crippen LogP contribution in [0.1, 0.15) is 22.3 Å². The summed E-state index contributed by atoms with van der Waals surface area (Å²) in [6, 6.07) is 42.9. The Kier molecular flexibility index (Phi) is 4.42. The molecule has 0 saturated carbocycles. The normalized spacial score (nSPS) is 11.4. The van der Waals surface area contributed by atoms with Crippen molar-refractivity contribution in [2.24, 2.45) is 0 Å². The number of para-hydroxylation sites is 1. The van der Waals surface area contributed by atoms with Crippen molar-refractivity contribution in [3.8, 4) is 0 Å². The van der Waals surface area contributed by atoms with Crippen molar-refractivity contribution in [3.63, 3.8) is 0 Å². The van der Waals surface area contributed by atoms with Crippen LogP contribution in [0.2, 0.25) is 0 Å². The highest BCUT2D eigenvalue weighted by atomic mass is 14.7. The molecule has 0 unspecified atom stereocenters. The van der Waals surface area contributed by atoms with Gasteiger partial charge in [0.05, 0.1) is 10.9 Å². The lowest BCUT2D eigenvalue weighted by Gasteiger charge is -2.37. The van der Waals surface area contributed by atoms with E-state index in [1.54, 1.807) is 0 Å². The Bertz CT molecular complexity index is 1130. The minimum Gasteiger partial charge on any atom is -0.256 e. The van der Waals surface area contributed by atoms with E-state index in [9.17, 15) is 0 Å². The molecule has 0 aliphatic rings. The van der Waals surface area contributed by atoms with Gasteiger partial charge >= 0.3 is 0 Å². The van der Waals surface area contributed by atoms with Gasteiger partial charge < -0.3 is 0 Å². The van der Waals surface area contributed by atoms with E-state index in [0.29, 0.717) is 0 Å². The molecule has 0 amide bonds. The Morgan fingerprint density at radius 1 is 0.448 bits per heavy atom. The molecule has 5 rings (SSSR count). The topological polar surface area (TPSA) is 12.9 Å². The molecular weight excluding hydrogens is 350 g/mol. The minimum absolute atomic E-state index is 0.461. The Labute approximate surface area is 171 Å². The fourth-order valence-electron chi connectivity index (χ4n) is 4.44. The monoisotopic (exact) mass is 371 g/mol. The van der Waals surface area contributed by atoms with Gasteiger partial charge in [0.15, 0.2) is 0 Å². The number of hydrogen-bond donors (Lipinski definition) is 0. The summed E-state index contributed by atoms with van der Waals surface area (Å²) in [5.74, 6) is 0. The molecule has 5 aromatic rings. The predicted molar refractivity (Wildman–Crippen MR) is 120 cm³/mol. The van der Waals surface area contributed by atoms with E-state index in [1.165, 1.54) is 22.3 Å². The van der Waals surface area contributed by atoms with E-state index in [4.69, 9.17) is 4.98 Å². The third-order valence-corrected chi connectivity index (χ3v) is 5.66. The van der Waals surface area contributed by atoms with Crippen LogP contribution in [-0.4, -0.2) is 4.98 Å².